The largest absolute Gasteiger partial charge is 0.478 e. The maximum Gasteiger partial charge on any atom is 0.407 e. The third-order valence-electron chi connectivity index (χ3n) is 5.58. The van der Waals surface area contributed by atoms with Gasteiger partial charge in [-0.25, -0.2) is 14.6 Å². The molecule has 0 bridgehead atoms. The first-order valence-corrected chi connectivity index (χ1v) is 11.3. The van der Waals surface area contributed by atoms with Crippen LogP contribution in [0.15, 0.2) is 36.7 Å². The fourth-order valence-corrected chi connectivity index (χ4v) is 3.97. The van der Waals surface area contributed by atoms with Crippen LogP contribution in [0.3, 0.4) is 0 Å². The second-order valence-electron chi connectivity index (χ2n) is 9.48. The molecule has 1 aliphatic rings. The molecular weight excluding hydrogens is 438 g/mol. The zero-order valence-corrected chi connectivity index (χ0v) is 19.5. The molecule has 0 radical (unpaired) electrons. The highest BCUT2D eigenvalue weighted by atomic mass is 16.6. The number of alkyl carbamates (subject to hydrolysis) is 1. The summed E-state index contributed by atoms with van der Waals surface area (Å²) in [6.07, 6.45) is 4.72. The zero-order chi connectivity index (χ0) is 24.3. The number of hydrogen-bond donors (Lipinski definition) is 2. The summed E-state index contributed by atoms with van der Waals surface area (Å²) in [4.78, 5) is 31.9. The predicted molar refractivity (Wildman–Crippen MR) is 126 cm³/mol. The summed E-state index contributed by atoms with van der Waals surface area (Å²) in [6.45, 7) is 6.81. The van der Waals surface area contributed by atoms with E-state index in [2.05, 4.69) is 15.3 Å². The number of hydrogen-bond acceptors (Lipinski definition) is 7. The standard InChI is InChI=1S/C25H29N3O6/c1-25(2,3)34-24(31)27-17-10-15(11-17)14-32-8-9-33-22-19-6-7-26-13-20(19)18-5-4-16(23(29)30)12-21(18)28-22/h4-7,12-13,15,17H,8-11,14H2,1-3H3,(H,27,31)(H,29,30). The third-order valence-corrected chi connectivity index (χ3v) is 5.58. The molecular formula is C25H29N3O6. The van der Waals surface area contributed by atoms with Crippen LogP contribution >= 0.6 is 0 Å². The first-order valence-electron chi connectivity index (χ1n) is 11.3. The zero-order valence-electron chi connectivity index (χ0n) is 19.5. The Kier molecular flexibility index (Phi) is 6.83. The van der Waals surface area contributed by atoms with Gasteiger partial charge in [-0.2, -0.15) is 0 Å². The number of ether oxygens (including phenoxy) is 3. The molecule has 9 nitrogen and oxygen atoms in total. The number of carboxylic acids is 1. The van der Waals surface area contributed by atoms with E-state index in [1.165, 1.54) is 6.07 Å². The first kappa shape index (κ1) is 23.7. The number of amides is 1. The van der Waals surface area contributed by atoms with E-state index < -0.39 is 11.6 Å². The van der Waals surface area contributed by atoms with Gasteiger partial charge in [0.15, 0.2) is 0 Å². The lowest BCUT2D eigenvalue weighted by molar-refractivity contribution is 0.0260. The topological polar surface area (TPSA) is 120 Å². The summed E-state index contributed by atoms with van der Waals surface area (Å²) in [5.41, 5.74) is 0.197. The number of fused-ring (bicyclic) bond motifs is 3. The Morgan fingerprint density at radius 1 is 1.12 bits per heavy atom. The third kappa shape index (κ3) is 5.72. The van der Waals surface area contributed by atoms with Gasteiger partial charge in [-0.3, -0.25) is 4.98 Å². The molecule has 2 N–H and O–H groups in total. The number of carbonyl (C=O) groups is 2. The van der Waals surface area contributed by atoms with Crippen molar-refractivity contribution in [2.75, 3.05) is 19.8 Å². The fourth-order valence-electron chi connectivity index (χ4n) is 3.97. The van der Waals surface area contributed by atoms with E-state index in [4.69, 9.17) is 14.2 Å². The Bertz CT molecular complexity index is 1200. The monoisotopic (exact) mass is 467 g/mol. The minimum Gasteiger partial charge on any atom is -0.478 e. The minimum atomic E-state index is -1.01. The molecule has 2 heterocycles. The number of rotatable bonds is 8. The summed E-state index contributed by atoms with van der Waals surface area (Å²) in [7, 11) is 0. The lowest BCUT2D eigenvalue weighted by Gasteiger charge is -2.35. The molecule has 1 aliphatic carbocycles. The van der Waals surface area contributed by atoms with E-state index in [1.807, 2.05) is 26.8 Å². The minimum absolute atomic E-state index is 0.122. The number of pyridine rings is 2. The van der Waals surface area contributed by atoms with Crippen LogP contribution in [0.5, 0.6) is 5.88 Å². The molecule has 9 heteroatoms. The van der Waals surface area contributed by atoms with Crippen molar-refractivity contribution in [3.8, 4) is 5.88 Å². The number of benzene rings is 1. The van der Waals surface area contributed by atoms with Crippen molar-refractivity contribution in [1.29, 1.82) is 0 Å². The normalized spacial score (nSPS) is 17.9. The summed E-state index contributed by atoms with van der Waals surface area (Å²) in [5, 5.41) is 14.6. The number of carboxylic acid groups (broad SMARTS) is 1. The van der Waals surface area contributed by atoms with Crippen LogP contribution < -0.4 is 10.1 Å². The van der Waals surface area contributed by atoms with Gasteiger partial charge in [0.05, 0.1) is 17.7 Å². The van der Waals surface area contributed by atoms with Crippen molar-refractivity contribution in [1.82, 2.24) is 15.3 Å². The van der Waals surface area contributed by atoms with E-state index in [-0.39, 0.29) is 17.7 Å². The summed E-state index contributed by atoms with van der Waals surface area (Å²) in [5.74, 6) is -0.202. The molecule has 1 aromatic carbocycles. The van der Waals surface area contributed by atoms with Crippen LogP contribution in [0.1, 0.15) is 44.0 Å². The van der Waals surface area contributed by atoms with Gasteiger partial charge in [0, 0.05) is 41.2 Å². The van der Waals surface area contributed by atoms with Gasteiger partial charge in [-0.1, -0.05) is 6.07 Å². The van der Waals surface area contributed by atoms with Crippen molar-refractivity contribution in [2.45, 2.75) is 45.3 Å². The smallest absolute Gasteiger partial charge is 0.407 e. The van der Waals surface area contributed by atoms with Crippen LogP contribution in [-0.2, 0) is 9.47 Å². The average molecular weight is 468 g/mol. The second-order valence-corrected chi connectivity index (χ2v) is 9.48. The van der Waals surface area contributed by atoms with Crippen molar-refractivity contribution in [2.24, 2.45) is 5.92 Å². The van der Waals surface area contributed by atoms with E-state index in [0.29, 0.717) is 37.1 Å². The maximum atomic E-state index is 11.8. The molecule has 0 unspecified atom stereocenters. The lowest BCUT2D eigenvalue weighted by Crippen LogP contribution is -2.47. The Labute approximate surface area is 197 Å². The van der Waals surface area contributed by atoms with Crippen LogP contribution in [0.4, 0.5) is 4.79 Å². The SMILES string of the molecule is CC(C)(C)OC(=O)NC1CC(COCCOc2nc3cc(C(=O)O)ccc3c3cnccc23)C1. The Morgan fingerprint density at radius 3 is 2.65 bits per heavy atom. The average Bonchev–Trinajstić information content (AvgIpc) is 2.75. The van der Waals surface area contributed by atoms with Crippen molar-refractivity contribution in [3.05, 3.63) is 42.2 Å². The highest BCUT2D eigenvalue weighted by molar-refractivity contribution is 6.08. The van der Waals surface area contributed by atoms with Gasteiger partial charge in [-0.15, -0.1) is 0 Å². The van der Waals surface area contributed by atoms with E-state index in [0.717, 1.165) is 29.0 Å². The molecule has 2 aromatic heterocycles. The molecule has 0 aliphatic heterocycles. The second kappa shape index (κ2) is 9.80. The fraction of sp³-hybridized carbons (Fsp3) is 0.440. The van der Waals surface area contributed by atoms with Crippen molar-refractivity contribution < 1.29 is 28.9 Å². The van der Waals surface area contributed by atoms with Gasteiger partial charge in [0.1, 0.15) is 12.2 Å². The molecule has 3 aromatic rings. The maximum absolute atomic E-state index is 11.8. The Morgan fingerprint density at radius 2 is 1.91 bits per heavy atom. The highest BCUT2D eigenvalue weighted by Crippen LogP contribution is 2.31. The van der Waals surface area contributed by atoms with Crippen LogP contribution in [0, 0.1) is 5.92 Å². The summed E-state index contributed by atoms with van der Waals surface area (Å²) in [6, 6.07) is 6.78. The first-order chi connectivity index (χ1) is 16.2. The number of aromatic nitrogens is 2. The van der Waals surface area contributed by atoms with Crippen molar-refractivity contribution in [3.63, 3.8) is 0 Å². The Balaban J connectivity index is 1.27. The quantitative estimate of drug-likeness (QED) is 0.374. The number of nitrogens with zero attached hydrogens (tertiary/aromatic N) is 2. The summed E-state index contributed by atoms with van der Waals surface area (Å²) < 4.78 is 16.9. The van der Waals surface area contributed by atoms with Gasteiger partial charge in [-0.05, 0) is 57.7 Å². The molecule has 0 spiro atoms. The van der Waals surface area contributed by atoms with E-state index in [9.17, 15) is 14.7 Å². The number of nitrogens with one attached hydrogen (secondary N) is 1. The van der Waals surface area contributed by atoms with Gasteiger partial charge in [0.2, 0.25) is 5.88 Å². The molecule has 0 saturated heterocycles. The predicted octanol–water partition coefficient (Wildman–Crippen LogP) is 4.18. The van der Waals surface area contributed by atoms with Crippen LogP contribution in [0.25, 0.3) is 21.7 Å². The van der Waals surface area contributed by atoms with Gasteiger partial charge >= 0.3 is 12.1 Å². The number of aromatic carboxylic acids is 1. The van der Waals surface area contributed by atoms with Gasteiger partial charge in [0.25, 0.3) is 0 Å². The van der Waals surface area contributed by atoms with Crippen LogP contribution in [-0.4, -0.2) is 58.6 Å². The summed E-state index contributed by atoms with van der Waals surface area (Å²) >= 11 is 0. The van der Waals surface area contributed by atoms with Gasteiger partial charge < -0.3 is 24.6 Å². The van der Waals surface area contributed by atoms with E-state index >= 15 is 0 Å². The molecule has 180 valence electrons. The lowest BCUT2D eigenvalue weighted by atomic mass is 9.81. The molecule has 1 fully saturated rings. The molecule has 1 amide bonds. The Hall–Kier alpha value is -3.46. The molecule has 34 heavy (non-hydrogen) atoms. The van der Waals surface area contributed by atoms with E-state index in [1.54, 1.807) is 24.5 Å². The number of carbonyl (C=O) groups excluding carboxylic acids is 1. The highest BCUT2D eigenvalue weighted by Gasteiger charge is 2.31. The van der Waals surface area contributed by atoms with Crippen molar-refractivity contribution >= 4 is 33.7 Å². The molecule has 4 rings (SSSR count). The molecule has 1 saturated carbocycles. The van der Waals surface area contributed by atoms with Crippen LogP contribution in [0.2, 0.25) is 0 Å². The molecule has 0 atom stereocenters.